The minimum absolute atomic E-state index is 0.177. The van der Waals surface area contributed by atoms with Crippen molar-refractivity contribution in [2.24, 2.45) is 0 Å². The molecule has 1 N–H and O–H groups in total. The molecule has 0 amide bonds. The Morgan fingerprint density at radius 3 is 2.92 bits per heavy atom. The summed E-state index contributed by atoms with van der Waals surface area (Å²) in [4.78, 5) is 4.10. The molecule has 2 nitrogen and oxygen atoms in total. The molecule has 0 fully saturated rings. The Labute approximate surface area is 82.9 Å². The zero-order valence-corrected chi connectivity index (χ0v) is 8.25. The zero-order valence-electron chi connectivity index (χ0n) is 7.50. The average Bonchev–Trinajstić information content (AvgIpc) is 2.09. The van der Waals surface area contributed by atoms with E-state index in [0.717, 1.165) is 11.3 Å². The van der Waals surface area contributed by atoms with Crippen LogP contribution in [0.3, 0.4) is 0 Å². The lowest BCUT2D eigenvalue weighted by atomic mass is 10.2. The number of aromatic nitrogens is 1. The number of halogens is 1. The van der Waals surface area contributed by atoms with Crippen LogP contribution in [0.25, 0.3) is 6.08 Å². The van der Waals surface area contributed by atoms with E-state index in [9.17, 15) is 0 Å². The molecule has 0 saturated heterocycles. The summed E-state index contributed by atoms with van der Waals surface area (Å²) in [7, 11) is 0. The number of hydrogen-bond acceptors (Lipinski definition) is 2. The average molecular weight is 198 g/mol. The molecule has 0 aliphatic rings. The van der Waals surface area contributed by atoms with Crippen LogP contribution in [-0.2, 0) is 0 Å². The number of hydrogen-bond donors (Lipinski definition) is 1. The first-order valence-corrected chi connectivity index (χ1v) is 4.52. The predicted octanol–water partition coefficient (Wildman–Crippen LogP) is 2.44. The van der Waals surface area contributed by atoms with Gasteiger partial charge in [0.05, 0.1) is 0 Å². The van der Waals surface area contributed by atoms with Crippen molar-refractivity contribution in [1.82, 2.24) is 4.98 Å². The lowest BCUT2D eigenvalue weighted by molar-refractivity contribution is 0.303. The molecular formula is C10H12ClNO. The molecule has 0 aliphatic carbocycles. The molecule has 1 aromatic rings. The van der Waals surface area contributed by atoms with Crippen molar-refractivity contribution in [3.05, 3.63) is 34.6 Å². The highest BCUT2D eigenvalue weighted by Gasteiger charge is 1.95. The number of aliphatic hydroxyl groups excluding tert-OH is 1. The number of aliphatic hydroxyl groups is 1. The largest absolute Gasteiger partial charge is 0.396 e. The summed E-state index contributed by atoms with van der Waals surface area (Å²) in [6.45, 7) is 2.08. The van der Waals surface area contributed by atoms with Gasteiger partial charge in [0.2, 0.25) is 0 Å². The van der Waals surface area contributed by atoms with Crippen LogP contribution in [0.5, 0.6) is 0 Å². The molecule has 1 rings (SSSR count). The highest BCUT2D eigenvalue weighted by molar-refractivity contribution is 6.29. The number of pyridine rings is 1. The van der Waals surface area contributed by atoms with E-state index in [0.29, 0.717) is 11.6 Å². The van der Waals surface area contributed by atoms with E-state index >= 15 is 0 Å². The minimum atomic E-state index is 0.177. The maximum atomic E-state index is 8.57. The van der Waals surface area contributed by atoms with E-state index in [1.807, 2.05) is 25.1 Å². The second-order valence-electron chi connectivity index (χ2n) is 2.72. The molecule has 0 unspecified atom stereocenters. The van der Waals surface area contributed by atoms with E-state index in [2.05, 4.69) is 4.98 Å². The van der Waals surface area contributed by atoms with Crippen LogP contribution in [0.4, 0.5) is 0 Å². The molecule has 0 aromatic carbocycles. The van der Waals surface area contributed by atoms with Crippen molar-refractivity contribution in [1.29, 1.82) is 0 Å². The molecule has 1 aromatic heterocycles. The summed E-state index contributed by atoms with van der Waals surface area (Å²) in [6, 6.07) is 3.67. The third kappa shape index (κ3) is 3.17. The molecule has 0 atom stereocenters. The first kappa shape index (κ1) is 10.2. The molecule has 3 heteroatoms. The summed E-state index contributed by atoms with van der Waals surface area (Å²) < 4.78 is 0. The normalized spacial score (nSPS) is 11.0. The van der Waals surface area contributed by atoms with Gasteiger partial charge >= 0.3 is 0 Å². The van der Waals surface area contributed by atoms with Crippen molar-refractivity contribution < 1.29 is 5.11 Å². The van der Waals surface area contributed by atoms with Gasteiger partial charge in [0.1, 0.15) is 5.15 Å². The van der Waals surface area contributed by atoms with Gasteiger partial charge in [-0.3, -0.25) is 0 Å². The van der Waals surface area contributed by atoms with Gasteiger partial charge in [-0.25, -0.2) is 4.98 Å². The van der Waals surface area contributed by atoms with Crippen LogP contribution in [0, 0.1) is 6.92 Å². The summed E-state index contributed by atoms with van der Waals surface area (Å²) >= 11 is 5.70. The lowest BCUT2D eigenvalue weighted by Crippen LogP contribution is -1.86. The highest BCUT2D eigenvalue weighted by Crippen LogP contribution is 2.12. The molecule has 70 valence electrons. The van der Waals surface area contributed by atoms with Gasteiger partial charge in [-0.15, -0.1) is 0 Å². The molecule has 0 radical (unpaired) electrons. The summed E-state index contributed by atoms with van der Waals surface area (Å²) in [5.41, 5.74) is 1.94. The van der Waals surface area contributed by atoms with Crippen LogP contribution in [-0.4, -0.2) is 16.7 Å². The van der Waals surface area contributed by atoms with Crippen LogP contribution in [0.2, 0.25) is 5.15 Å². The van der Waals surface area contributed by atoms with E-state index < -0.39 is 0 Å². The Morgan fingerprint density at radius 1 is 1.54 bits per heavy atom. The van der Waals surface area contributed by atoms with Crippen LogP contribution >= 0.6 is 11.6 Å². The third-order valence-electron chi connectivity index (χ3n) is 1.69. The first-order valence-electron chi connectivity index (χ1n) is 4.14. The fourth-order valence-electron chi connectivity index (χ4n) is 1.00. The summed E-state index contributed by atoms with van der Waals surface area (Å²) in [6.07, 6.45) is 4.52. The van der Waals surface area contributed by atoms with Crippen molar-refractivity contribution >= 4 is 17.7 Å². The van der Waals surface area contributed by atoms with Gasteiger partial charge in [-0.05, 0) is 25.0 Å². The molecular weight excluding hydrogens is 186 g/mol. The third-order valence-corrected chi connectivity index (χ3v) is 1.90. The van der Waals surface area contributed by atoms with E-state index in [-0.39, 0.29) is 6.61 Å². The van der Waals surface area contributed by atoms with Crippen molar-refractivity contribution in [2.45, 2.75) is 13.3 Å². The zero-order chi connectivity index (χ0) is 9.68. The SMILES string of the molecule is Cc1nc(Cl)ccc1C=CCCO. The Balaban J connectivity index is 2.77. The topological polar surface area (TPSA) is 33.1 Å². The number of nitrogens with zero attached hydrogens (tertiary/aromatic N) is 1. The Bertz CT molecular complexity index is 310. The van der Waals surface area contributed by atoms with Crippen LogP contribution < -0.4 is 0 Å². The standard InChI is InChI=1S/C10H12ClNO/c1-8-9(4-2-3-7-13)5-6-10(11)12-8/h2,4-6,13H,3,7H2,1H3. The summed E-state index contributed by atoms with van der Waals surface area (Å²) in [5, 5.41) is 9.08. The van der Waals surface area contributed by atoms with Gasteiger partial charge in [0.25, 0.3) is 0 Å². The fraction of sp³-hybridized carbons (Fsp3) is 0.300. The first-order chi connectivity index (χ1) is 6.24. The maximum Gasteiger partial charge on any atom is 0.129 e. The highest BCUT2D eigenvalue weighted by atomic mass is 35.5. The monoisotopic (exact) mass is 197 g/mol. The molecule has 1 heterocycles. The van der Waals surface area contributed by atoms with Crippen molar-refractivity contribution in [3.63, 3.8) is 0 Å². The Kier molecular flexibility index (Phi) is 3.93. The molecule has 0 saturated carbocycles. The second kappa shape index (κ2) is 5.00. The minimum Gasteiger partial charge on any atom is -0.396 e. The smallest absolute Gasteiger partial charge is 0.129 e. The van der Waals surface area contributed by atoms with Crippen molar-refractivity contribution in [3.8, 4) is 0 Å². The fourth-order valence-corrected chi connectivity index (χ4v) is 1.19. The quantitative estimate of drug-likeness (QED) is 0.756. The number of rotatable bonds is 3. The Morgan fingerprint density at radius 2 is 2.31 bits per heavy atom. The van der Waals surface area contributed by atoms with E-state index in [1.54, 1.807) is 6.07 Å². The Hall–Kier alpha value is -0.860. The van der Waals surface area contributed by atoms with E-state index in [1.165, 1.54) is 0 Å². The maximum absolute atomic E-state index is 8.57. The van der Waals surface area contributed by atoms with Gasteiger partial charge in [0.15, 0.2) is 0 Å². The molecule has 0 bridgehead atoms. The predicted molar refractivity (Wildman–Crippen MR) is 54.7 cm³/mol. The van der Waals surface area contributed by atoms with Gasteiger partial charge in [0, 0.05) is 12.3 Å². The molecule has 0 spiro atoms. The lowest BCUT2D eigenvalue weighted by Gasteiger charge is -1.98. The van der Waals surface area contributed by atoms with E-state index in [4.69, 9.17) is 16.7 Å². The molecule has 0 aliphatic heterocycles. The van der Waals surface area contributed by atoms with Crippen LogP contribution in [0.15, 0.2) is 18.2 Å². The van der Waals surface area contributed by atoms with Gasteiger partial charge in [-0.2, -0.15) is 0 Å². The molecule has 13 heavy (non-hydrogen) atoms. The van der Waals surface area contributed by atoms with Gasteiger partial charge < -0.3 is 5.11 Å². The number of aryl methyl sites for hydroxylation is 1. The van der Waals surface area contributed by atoms with Crippen molar-refractivity contribution in [2.75, 3.05) is 6.61 Å². The summed E-state index contributed by atoms with van der Waals surface area (Å²) in [5.74, 6) is 0. The van der Waals surface area contributed by atoms with Gasteiger partial charge in [-0.1, -0.05) is 29.8 Å². The van der Waals surface area contributed by atoms with Crippen LogP contribution in [0.1, 0.15) is 17.7 Å². The second-order valence-corrected chi connectivity index (χ2v) is 3.11.